The minimum atomic E-state index is -0.373. The van der Waals surface area contributed by atoms with Gasteiger partial charge in [0.05, 0.1) is 5.39 Å². The first-order chi connectivity index (χ1) is 13.0. The van der Waals surface area contributed by atoms with Gasteiger partial charge in [-0.15, -0.1) is 0 Å². The molecule has 0 amide bonds. The van der Waals surface area contributed by atoms with Crippen LogP contribution in [0.2, 0.25) is 5.02 Å². The molecule has 1 heterocycles. The number of ketones is 1. The van der Waals surface area contributed by atoms with E-state index in [1.165, 1.54) is 6.07 Å². The summed E-state index contributed by atoms with van der Waals surface area (Å²) in [4.78, 5) is 24.3. The lowest BCUT2D eigenvalue weighted by atomic mass is 10.0. The molecule has 5 heteroatoms. The summed E-state index contributed by atoms with van der Waals surface area (Å²) in [5.41, 5.74) is 2.43. The van der Waals surface area contributed by atoms with E-state index in [9.17, 15) is 9.59 Å². The second-order valence-corrected chi connectivity index (χ2v) is 6.99. The third-order valence-corrected chi connectivity index (χ3v) is 4.61. The predicted molar refractivity (Wildman–Crippen MR) is 107 cm³/mol. The van der Waals surface area contributed by atoms with E-state index < -0.39 is 0 Å². The molecule has 0 bridgehead atoms. The van der Waals surface area contributed by atoms with E-state index in [4.69, 9.17) is 20.8 Å². The smallest absolute Gasteiger partial charge is 0.336 e. The fourth-order valence-corrected chi connectivity index (χ4v) is 3.14. The highest BCUT2D eigenvalue weighted by atomic mass is 35.5. The van der Waals surface area contributed by atoms with Crippen molar-refractivity contribution in [3.63, 3.8) is 0 Å². The molecular weight excluding hydrogens is 364 g/mol. The van der Waals surface area contributed by atoms with Gasteiger partial charge in [0, 0.05) is 16.7 Å². The van der Waals surface area contributed by atoms with Crippen LogP contribution in [0, 0.1) is 6.92 Å². The number of hydrogen-bond acceptors (Lipinski definition) is 4. The molecule has 0 fully saturated rings. The molecule has 0 N–H and O–H groups in total. The molecule has 140 valence electrons. The Morgan fingerprint density at radius 1 is 1.15 bits per heavy atom. The summed E-state index contributed by atoms with van der Waals surface area (Å²) in [6.07, 6.45) is 2.72. The van der Waals surface area contributed by atoms with Gasteiger partial charge < -0.3 is 9.15 Å². The number of Topliss-reactive ketones (excluding diaryl/α,β-unsaturated/α-hetero) is 1. The SMILES string of the molecule is CCCCc1cc(=O)oc2cc(C)cc(OCC(=O)c3ccc(Cl)cc3)c12. The standard InChI is InChI=1S/C22H21ClO4/c1-3-4-5-16-12-21(25)27-20-11-14(2)10-19(22(16)20)26-13-18(24)15-6-8-17(23)9-7-15/h6-12H,3-5,13H2,1-2H3. The highest BCUT2D eigenvalue weighted by Crippen LogP contribution is 2.31. The second kappa shape index (κ2) is 8.40. The molecule has 0 unspecified atom stereocenters. The number of fused-ring (bicyclic) bond motifs is 1. The zero-order valence-corrected chi connectivity index (χ0v) is 16.1. The van der Waals surface area contributed by atoms with E-state index in [1.807, 2.05) is 19.1 Å². The Hall–Kier alpha value is -2.59. The van der Waals surface area contributed by atoms with E-state index in [0.29, 0.717) is 21.9 Å². The van der Waals surface area contributed by atoms with Crippen molar-refractivity contribution in [2.24, 2.45) is 0 Å². The number of aryl methyl sites for hydroxylation is 2. The van der Waals surface area contributed by atoms with Crippen molar-refractivity contribution in [2.75, 3.05) is 6.61 Å². The van der Waals surface area contributed by atoms with Gasteiger partial charge >= 0.3 is 5.63 Å². The van der Waals surface area contributed by atoms with Crippen LogP contribution in [0.3, 0.4) is 0 Å². The highest BCUT2D eigenvalue weighted by Gasteiger charge is 2.14. The largest absolute Gasteiger partial charge is 0.485 e. The molecule has 2 aromatic carbocycles. The summed E-state index contributed by atoms with van der Waals surface area (Å²) in [6.45, 7) is 3.89. The third-order valence-electron chi connectivity index (χ3n) is 4.36. The molecule has 0 atom stereocenters. The Labute approximate surface area is 162 Å². The van der Waals surface area contributed by atoms with Gasteiger partial charge in [-0.2, -0.15) is 0 Å². The summed E-state index contributed by atoms with van der Waals surface area (Å²) in [7, 11) is 0. The van der Waals surface area contributed by atoms with Crippen molar-refractivity contribution in [2.45, 2.75) is 33.1 Å². The molecule has 0 aliphatic heterocycles. The average Bonchev–Trinajstić information content (AvgIpc) is 2.63. The fraction of sp³-hybridized carbons (Fsp3) is 0.273. The number of benzene rings is 2. The van der Waals surface area contributed by atoms with E-state index in [1.54, 1.807) is 24.3 Å². The van der Waals surface area contributed by atoms with Crippen LogP contribution in [-0.4, -0.2) is 12.4 Å². The number of ether oxygens (including phenoxy) is 1. The van der Waals surface area contributed by atoms with Crippen LogP contribution < -0.4 is 10.4 Å². The maximum atomic E-state index is 12.4. The first kappa shape index (κ1) is 19.2. The summed E-state index contributed by atoms with van der Waals surface area (Å²) in [5.74, 6) is 0.413. The molecule has 3 aromatic rings. The van der Waals surface area contributed by atoms with Gasteiger partial charge in [-0.25, -0.2) is 4.79 Å². The Balaban J connectivity index is 1.94. The number of rotatable bonds is 7. The summed E-state index contributed by atoms with van der Waals surface area (Å²) >= 11 is 5.87. The molecular formula is C22H21ClO4. The van der Waals surface area contributed by atoms with Gasteiger partial charge in [-0.3, -0.25) is 4.79 Å². The van der Waals surface area contributed by atoms with Gasteiger partial charge in [0.25, 0.3) is 0 Å². The highest BCUT2D eigenvalue weighted by molar-refractivity contribution is 6.30. The van der Waals surface area contributed by atoms with Crippen molar-refractivity contribution in [1.82, 2.24) is 0 Å². The van der Waals surface area contributed by atoms with Gasteiger partial charge in [-0.05, 0) is 67.3 Å². The number of carbonyl (C=O) groups is 1. The van der Waals surface area contributed by atoms with Crippen LogP contribution in [0.15, 0.2) is 51.7 Å². The summed E-state index contributed by atoms with van der Waals surface area (Å²) in [6, 6.07) is 11.9. The molecule has 0 aliphatic carbocycles. The molecule has 0 spiro atoms. The van der Waals surface area contributed by atoms with Crippen LogP contribution in [0.1, 0.15) is 41.3 Å². The predicted octanol–water partition coefficient (Wildman–Crippen LogP) is 5.36. The number of unbranched alkanes of at least 4 members (excludes halogenated alkanes) is 1. The van der Waals surface area contributed by atoms with Crippen molar-refractivity contribution in [3.05, 3.63) is 74.6 Å². The fourth-order valence-electron chi connectivity index (χ4n) is 3.01. The topological polar surface area (TPSA) is 56.5 Å². The van der Waals surface area contributed by atoms with Gasteiger partial charge in [0.1, 0.15) is 11.3 Å². The zero-order chi connectivity index (χ0) is 19.4. The number of hydrogen-bond donors (Lipinski definition) is 0. The Morgan fingerprint density at radius 2 is 1.89 bits per heavy atom. The van der Waals surface area contributed by atoms with Crippen molar-refractivity contribution >= 4 is 28.4 Å². The lowest BCUT2D eigenvalue weighted by Gasteiger charge is -2.13. The quantitative estimate of drug-likeness (QED) is 0.406. The Bertz CT molecular complexity index is 1020. The normalized spacial score (nSPS) is 10.9. The average molecular weight is 385 g/mol. The Kier molecular flexibility index (Phi) is 5.97. The third kappa shape index (κ3) is 4.58. The van der Waals surface area contributed by atoms with E-state index in [-0.39, 0.29) is 18.0 Å². The van der Waals surface area contributed by atoms with Crippen molar-refractivity contribution in [1.29, 1.82) is 0 Å². The molecule has 1 aromatic heterocycles. The first-order valence-electron chi connectivity index (χ1n) is 8.97. The van der Waals surface area contributed by atoms with Crippen molar-refractivity contribution < 1.29 is 13.9 Å². The maximum Gasteiger partial charge on any atom is 0.336 e. The number of carbonyl (C=O) groups excluding carboxylic acids is 1. The monoisotopic (exact) mass is 384 g/mol. The van der Waals surface area contributed by atoms with E-state index in [0.717, 1.165) is 35.8 Å². The molecule has 4 nitrogen and oxygen atoms in total. The van der Waals surface area contributed by atoms with Gasteiger partial charge in [0.15, 0.2) is 12.4 Å². The molecule has 0 saturated heterocycles. The van der Waals surface area contributed by atoms with Crippen LogP contribution in [0.4, 0.5) is 0 Å². The van der Waals surface area contributed by atoms with Gasteiger partial charge in [0.2, 0.25) is 0 Å². The second-order valence-electron chi connectivity index (χ2n) is 6.55. The minimum absolute atomic E-state index is 0.105. The molecule has 0 radical (unpaired) electrons. The molecule has 0 aliphatic rings. The van der Waals surface area contributed by atoms with E-state index >= 15 is 0 Å². The number of halogens is 1. The maximum absolute atomic E-state index is 12.4. The lowest BCUT2D eigenvalue weighted by Crippen LogP contribution is -2.12. The first-order valence-corrected chi connectivity index (χ1v) is 9.34. The summed E-state index contributed by atoms with van der Waals surface area (Å²) < 4.78 is 11.2. The van der Waals surface area contributed by atoms with Crippen LogP contribution >= 0.6 is 11.6 Å². The molecule has 0 saturated carbocycles. The Morgan fingerprint density at radius 3 is 2.59 bits per heavy atom. The van der Waals surface area contributed by atoms with Crippen LogP contribution in [0.25, 0.3) is 11.0 Å². The van der Waals surface area contributed by atoms with Gasteiger partial charge in [-0.1, -0.05) is 24.9 Å². The van der Waals surface area contributed by atoms with Crippen LogP contribution in [-0.2, 0) is 6.42 Å². The van der Waals surface area contributed by atoms with Crippen LogP contribution in [0.5, 0.6) is 5.75 Å². The minimum Gasteiger partial charge on any atom is -0.485 e. The lowest BCUT2D eigenvalue weighted by molar-refractivity contribution is 0.0922. The van der Waals surface area contributed by atoms with Crippen molar-refractivity contribution in [3.8, 4) is 5.75 Å². The summed E-state index contributed by atoms with van der Waals surface area (Å²) in [5, 5.41) is 1.34. The zero-order valence-electron chi connectivity index (χ0n) is 15.4. The van der Waals surface area contributed by atoms with E-state index in [2.05, 4.69) is 6.92 Å². The molecule has 27 heavy (non-hydrogen) atoms. The molecule has 3 rings (SSSR count).